The summed E-state index contributed by atoms with van der Waals surface area (Å²) in [6.45, 7) is 0. The molecule has 2 atom stereocenters. The molecular weight excluding hydrogens is 395 g/mol. The van der Waals surface area contributed by atoms with Crippen molar-refractivity contribution in [2.75, 3.05) is 19.5 Å². The van der Waals surface area contributed by atoms with Gasteiger partial charge in [-0.2, -0.15) is 5.10 Å². The van der Waals surface area contributed by atoms with Crippen molar-refractivity contribution in [2.24, 2.45) is 0 Å². The summed E-state index contributed by atoms with van der Waals surface area (Å²) in [4.78, 5) is 4.03. The maximum absolute atomic E-state index is 14.1. The maximum atomic E-state index is 14.1. The fraction of sp³-hybridized carbons (Fsp3) is 0.333. The van der Waals surface area contributed by atoms with Crippen LogP contribution in [-0.4, -0.2) is 35.2 Å². The van der Waals surface area contributed by atoms with E-state index in [2.05, 4.69) is 15.4 Å². The van der Waals surface area contributed by atoms with Gasteiger partial charge in [0.25, 0.3) is 0 Å². The van der Waals surface area contributed by atoms with E-state index in [1.165, 1.54) is 0 Å². The average molecular weight is 417 g/mol. The molecule has 2 aromatic heterocycles. The Morgan fingerprint density at radius 1 is 1.17 bits per heavy atom. The highest BCUT2D eigenvalue weighted by Crippen LogP contribution is 2.40. The van der Waals surface area contributed by atoms with Gasteiger partial charge in [-0.3, -0.25) is 4.68 Å². The van der Waals surface area contributed by atoms with Gasteiger partial charge in [0, 0.05) is 23.4 Å². The first-order valence-corrected chi connectivity index (χ1v) is 9.80. The first-order valence-electron chi connectivity index (χ1n) is 9.43. The third kappa shape index (κ3) is 3.87. The molecule has 0 aliphatic heterocycles. The second-order valence-electron chi connectivity index (χ2n) is 6.94. The van der Waals surface area contributed by atoms with Crippen LogP contribution in [0.3, 0.4) is 0 Å². The molecule has 0 bridgehead atoms. The van der Waals surface area contributed by atoms with Crippen LogP contribution in [0.4, 0.5) is 15.8 Å². The molecule has 1 aliphatic carbocycles. The minimum absolute atomic E-state index is 0.195. The van der Waals surface area contributed by atoms with Crippen LogP contribution in [0.2, 0.25) is 5.15 Å². The first kappa shape index (κ1) is 19.5. The molecule has 0 saturated heterocycles. The van der Waals surface area contributed by atoms with E-state index in [1.807, 2.05) is 24.4 Å². The average Bonchev–Trinajstić information content (AvgIpc) is 3.37. The third-order valence-corrected chi connectivity index (χ3v) is 5.40. The van der Waals surface area contributed by atoms with Crippen LogP contribution in [0.25, 0.3) is 11.1 Å². The van der Waals surface area contributed by atoms with E-state index in [1.54, 1.807) is 37.4 Å². The lowest BCUT2D eigenvalue weighted by Gasteiger charge is -2.16. The molecule has 4 rings (SSSR count). The van der Waals surface area contributed by atoms with Crippen molar-refractivity contribution in [3.8, 4) is 22.6 Å². The van der Waals surface area contributed by atoms with E-state index >= 15 is 0 Å². The highest BCUT2D eigenvalue weighted by atomic mass is 35.5. The summed E-state index contributed by atoms with van der Waals surface area (Å²) < 4.78 is 26.9. The number of ether oxygens (including phenoxy) is 2. The molecule has 6 nitrogen and oxygen atoms in total. The molecule has 1 N–H and O–H groups in total. The number of para-hydroxylation sites is 1. The molecule has 0 spiro atoms. The number of halogens is 2. The Kier molecular flexibility index (Phi) is 5.58. The van der Waals surface area contributed by atoms with Crippen molar-refractivity contribution in [2.45, 2.75) is 31.5 Å². The number of nitrogens with one attached hydrogen (secondary N) is 1. The number of rotatable bonds is 6. The number of aromatic nitrogens is 3. The molecule has 1 saturated carbocycles. The van der Waals surface area contributed by atoms with Crippen LogP contribution in [0.1, 0.15) is 25.3 Å². The Labute approximate surface area is 173 Å². The lowest BCUT2D eigenvalue weighted by atomic mass is 10.1. The zero-order valence-corrected chi connectivity index (χ0v) is 17.0. The predicted octanol–water partition coefficient (Wildman–Crippen LogP) is 5.42. The van der Waals surface area contributed by atoms with Gasteiger partial charge in [0.05, 0.1) is 44.0 Å². The molecule has 1 fully saturated rings. The normalized spacial score (nSPS) is 18.6. The Morgan fingerprint density at radius 2 is 2.03 bits per heavy atom. The Morgan fingerprint density at radius 3 is 2.76 bits per heavy atom. The molecule has 3 aromatic rings. The van der Waals surface area contributed by atoms with E-state index < -0.39 is 6.17 Å². The van der Waals surface area contributed by atoms with Gasteiger partial charge in [0.2, 0.25) is 0 Å². The van der Waals surface area contributed by atoms with Gasteiger partial charge < -0.3 is 14.8 Å². The molecule has 1 aromatic carbocycles. The molecule has 0 amide bonds. The van der Waals surface area contributed by atoms with Crippen molar-refractivity contribution >= 4 is 23.0 Å². The van der Waals surface area contributed by atoms with Crippen molar-refractivity contribution in [1.29, 1.82) is 0 Å². The molecule has 0 radical (unpaired) electrons. The highest BCUT2D eigenvalue weighted by molar-refractivity contribution is 6.29. The zero-order valence-electron chi connectivity index (χ0n) is 16.2. The first-order chi connectivity index (χ1) is 14.1. The lowest BCUT2D eigenvalue weighted by Crippen LogP contribution is -2.14. The summed E-state index contributed by atoms with van der Waals surface area (Å²) in [6.07, 6.45) is 6.63. The zero-order chi connectivity index (χ0) is 20.4. The number of methoxy groups -OCH3 is 2. The number of anilines is 2. The van der Waals surface area contributed by atoms with Crippen molar-refractivity contribution in [1.82, 2.24) is 14.8 Å². The van der Waals surface area contributed by atoms with E-state index in [4.69, 9.17) is 21.1 Å². The molecule has 29 heavy (non-hydrogen) atoms. The molecule has 8 heteroatoms. The van der Waals surface area contributed by atoms with E-state index in [0.29, 0.717) is 28.8 Å². The summed E-state index contributed by atoms with van der Waals surface area (Å²) in [5.41, 5.74) is 3.13. The summed E-state index contributed by atoms with van der Waals surface area (Å²) in [5.74, 6) is 1.20. The molecule has 152 valence electrons. The third-order valence-electron chi connectivity index (χ3n) is 5.19. The second-order valence-corrected chi connectivity index (χ2v) is 7.33. The van der Waals surface area contributed by atoms with Gasteiger partial charge in [-0.15, -0.1) is 0 Å². The lowest BCUT2D eigenvalue weighted by molar-refractivity contribution is 0.250. The number of nitrogens with zero attached hydrogens (tertiary/aromatic N) is 3. The Balaban J connectivity index is 1.68. The van der Waals surface area contributed by atoms with Gasteiger partial charge in [-0.25, -0.2) is 9.37 Å². The smallest absolute Gasteiger partial charge is 0.160 e. The highest BCUT2D eigenvalue weighted by Gasteiger charge is 2.29. The fourth-order valence-corrected chi connectivity index (χ4v) is 3.92. The van der Waals surface area contributed by atoms with Gasteiger partial charge in [0.1, 0.15) is 17.1 Å². The standard InChI is InChI=1S/C21H22ClFN4O2/c1-28-19-11-24-20(22)9-17(19)26-16-7-3-5-14(21(16)29-2)13-10-25-27(12-13)18-8-4-6-15(18)23/h3,5,7,9-12,15,18H,4,6,8H2,1-2H3,(H,24,26)/t15-,18-/m0/s1. The maximum Gasteiger partial charge on any atom is 0.160 e. The fourth-order valence-electron chi connectivity index (χ4n) is 3.76. The number of hydrogen-bond donors (Lipinski definition) is 1. The van der Waals surface area contributed by atoms with Crippen LogP contribution in [0.15, 0.2) is 42.9 Å². The van der Waals surface area contributed by atoms with Crippen LogP contribution in [0.5, 0.6) is 11.5 Å². The monoisotopic (exact) mass is 416 g/mol. The number of pyridine rings is 1. The number of benzene rings is 1. The van der Waals surface area contributed by atoms with E-state index in [-0.39, 0.29) is 6.04 Å². The summed E-state index contributed by atoms with van der Waals surface area (Å²) >= 11 is 6.04. The van der Waals surface area contributed by atoms with Crippen molar-refractivity contribution < 1.29 is 13.9 Å². The van der Waals surface area contributed by atoms with E-state index in [0.717, 1.165) is 29.7 Å². The minimum Gasteiger partial charge on any atom is -0.494 e. The minimum atomic E-state index is -0.846. The molecule has 2 heterocycles. The quantitative estimate of drug-likeness (QED) is 0.543. The summed E-state index contributed by atoms with van der Waals surface area (Å²) in [5, 5.41) is 8.06. The summed E-state index contributed by atoms with van der Waals surface area (Å²) in [6, 6.07) is 7.25. The Hall–Kier alpha value is -2.80. The van der Waals surface area contributed by atoms with Gasteiger partial charge in [-0.1, -0.05) is 23.7 Å². The molecule has 1 aliphatic rings. The largest absolute Gasteiger partial charge is 0.494 e. The van der Waals surface area contributed by atoms with Crippen LogP contribution in [-0.2, 0) is 0 Å². The summed E-state index contributed by atoms with van der Waals surface area (Å²) in [7, 11) is 3.18. The van der Waals surface area contributed by atoms with Crippen LogP contribution < -0.4 is 14.8 Å². The molecule has 0 unspecified atom stereocenters. The van der Waals surface area contributed by atoms with E-state index in [9.17, 15) is 4.39 Å². The van der Waals surface area contributed by atoms with Gasteiger partial charge in [0.15, 0.2) is 5.75 Å². The van der Waals surface area contributed by atoms with Gasteiger partial charge >= 0.3 is 0 Å². The van der Waals surface area contributed by atoms with Crippen LogP contribution in [0, 0.1) is 0 Å². The second kappa shape index (κ2) is 8.29. The number of alkyl halides is 1. The topological polar surface area (TPSA) is 61.2 Å². The van der Waals surface area contributed by atoms with Crippen molar-refractivity contribution in [3.05, 3.63) is 48.0 Å². The van der Waals surface area contributed by atoms with Gasteiger partial charge in [-0.05, 0) is 25.3 Å². The molecular formula is C21H22ClFN4O2. The van der Waals surface area contributed by atoms with Crippen molar-refractivity contribution in [3.63, 3.8) is 0 Å². The SMILES string of the molecule is COc1cnc(Cl)cc1Nc1cccc(-c2cnn([C@H]3CCC[C@@H]3F)c2)c1OC. The number of hydrogen-bond acceptors (Lipinski definition) is 5. The predicted molar refractivity (Wildman–Crippen MR) is 111 cm³/mol. The van der Waals surface area contributed by atoms with Crippen LogP contribution >= 0.6 is 11.6 Å². The Bertz CT molecular complexity index is 1010.